The molecule has 0 saturated carbocycles. The summed E-state index contributed by atoms with van der Waals surface area (Å²) in [5.74, 6) is -0.247. The molecule has 0 aliphatic carbocycles. The van der Waals surface area contributed by atoms with Crippen molar-refractivity contribution in [3.05, 3.63) is 70.3 Å². The fraction of sp³-hybridized carbons (Fsp3) is 0.235. The molecule has 0 unspecified atom stereocenters. The van der Waals surface area contributed by atoms with E-state index in [1.165, 1.54) is 14.6 Å². The molecule has 3 rings (SSSR count). The summed E-state index contributed by atoms with van der Waals surface area (Å²) < 4.78 is 2.59. The Morgan fingerprint density at radius 3 is 2.65 bits per heavy atom. The second kappa shape index (κ2) is 6.08. The van der Waals surface area contributed by atoms with Gasteiger partial charge in [-0.1, -0.05) is 35.9 Å². The van der Waals surface area contributed by atoms with Gasteiger partial charge in [0.1, 0.15) is 6.54 Å². The Kier molecular flexibility index (Phi) is 3.97. The molecule has 1 amide bonds. The Hall–Kier alpha value is -2.89. The molecule has 118 valence electrons. The van der Waals surface area contributed by atoms with Crippen molar-refractivity contribution in [1.82, 2.24) is 19.5 Å². The highest BCUT2D eigenvalue weighted by molar-refractivity contribution is 5.76. The normalized spacial score (nSPS) is 12.3. The van der Waals surface area contributed by atoms with Crippen molar-refractivity contribution in [3.8, 4) is 0 Å². The highest BCUT2D eigenvalue weighted by atomic mass is 16.2. The van der Waals surface area contributed by atoms with Crippen LogP contribution in [-0.4, -0.2) is 20.1 Å². The lowest BCUT2D eigenvalue weighted by molar-refractivity contribution is -0.122. The van der Waals surface area contributed by atoms with Gasteiger partial charge in [0.15, 0.2) is 5.65 Å². The molecule has 1 atom stereocenters. The van der Waals surface area contributed by atoms with Crippen LogP contribution in [0.2, 0.25) is 0 Å². The summed E-state index contributed by atoms with van der Waals surface area (Å²) in [6.45, 7) is 3.83. The quantitative estimate of drug-likeness (QED) is 0.797. The Bertz CT molecular complexity index is 893. The molecular formula is C17H18N4O2. The van der Waals surface area contributed by atoms with Gasteiger partial charge in [-0.3, -0.25) is 9.20 Å². The molecule has 23 heavy (non-hydrogen) atoms. The molecule has 0 fully saturated rings. The van der Waals surface area contributed by atoms with Crippen molar-refractivity contribution in [2.45, 2.75) is 26.4 Å². The number of benzene rings is 1. The molecule has 0 spiro atoms. The highest BCUT2D eigenvalue weighted by Crippen LogP contribution is 2.12. The highest BCUT2D eigenvalue weighted by Gasteiger charge is 2.13. The number of nitrogens with one attached hydrogen (secondary N) is 1. The average Bonchev–Trinajstić information content (AvgIpc) is 2.84. The van der Waals surface area contributed by atoms with Gasteiger partial charge in [-0.05, 0) is 31.5 Å². The lowest BCUT2D eigenvalue weighted by Gasteiger charge is -2.14. The molecule has 2 heterocycles. The van der Waals surface area contributed by atoms with Crippen molar-refractivity contribution < 1.29 is 4.79 Å². The number of aromatic nitrogens is 3. The minimum atomic E-state index is -0.321. The molecule has 3 aromatic rings. The summed E-state index contributed by atoms with van der Waals surface area (Å²) in [6.07, 6.45) is 1.63. The Balaban J connectivity index is 1.72. The number of aryl methyl sites for hydroxylation is 1. The van der Waals surface area contributed by atoms with Gasteiger partial charge in [-0.15, -0.1) is 5.10 Å². The molecule has 6 heteroatoms. The maximum absolute atomic E-state index is 12.2. The Morgan fingerprint density at radius 1 is 1.22 bits per heavy atom. The molecule has 2 aromatic heterocycles. The maximum atomic E-state index is 12.2. The number of hydrogen-bond donors (Lipinski definition) is 1. The van der Waals surface area contributed by atoms with Crippen LogP contribution in [0.3, 0.4) is 0 Å². The van der Waals surface area contributed by atoms with Crippen LogP contribution in [0.4, 0.5) is 0 Å². The third kappa shape index (κ3) is 3.15. The first-order valence-electron chi connectivity index (χ1n) is 7.45. The van der Waals surface area contributed by atoms with Crippen LogP contribution < -0.4 is 11.0 Å². The summed E-state index contributed by atoms with van der Waals surface area (Å²) in [5, 5.41) is 7.04. The summed E-state index contributed by atoms with van der Waals surface area (Å²) in [5.41, 5.74) is 2.39. The smallest absolute Gasteiger partial charge is 0.348 e. The maximum Gasteiger partial charge on any atom is 0.350 e. The van der Waals surface area contributed by atoms with Crippen LogP contribution in [0, 0.1) is 6.92 Å². The van der Waals surface area contributed by atoms with Gasteiger partial charge in [0.25, 0.3) is 0 Å². The predicted octanol–water partition coefficient (Wildman–Crippen LogP) is 1.68. The van der Waals surface area contributed by atoms with E-state index in [1.807, 2.05) is 38.1 Å². The first-order valence-corrected chi connectivity index (χ1v) is 7.45. The topological polar surface area (TPSA) is 68.4 Å². The molecular weight excluding hydrogens is 292 g/mol. The van der Waals surface area contributed by atoms with E-state index in [-0.39, 0.29) is 24.2 Å². The van der Waals surface area contributed by atoms with Crippen LogP contribution in [-0.2, 0) is 11.3 Å². The molecule has 0 radical (unpaired) electrons. The predicted molar refractivity (Wildman–Crippen MR) is 87.2 cm³/mol. The number of fused-ring (bicyclic) bond motifs is 1. The van der Waals surface area contributed by atoms with Gasteiger partial charge < -0.3 is 5.32 Å². The van der Waals surface area contributed by atoms with E-state index in [0.29, 0.717) is 5.65 Å². The molecule has 0 aliphatic rings. The largest absolute Gasteiger partial charge is 0.350 e. The van der Waals surface area contributed by atoms with Gasteiger partial charge in [-0.25, -0.2) is 9.48 Å². The van der Waals surface area contributed by atoms with Gasteiger partial charge in [0.2, 0.25) is 5.91 Å². The Labute approximate surface area is 133 Å². The minimum Gasteiger partial charge on any atom is -0.348 e. The second-order valence-corrected chi connectivity index (χ2v) is 5.57. The SMILES string of the molecule is Cc1ccc([C@@H](C)NC(=O)Cn2nc3ccccn3c2=O)cc1. The minimum absolute atomic E-state index is 0.100. The monoisotopic (exact) mass is 310 g/mol. The van der Waals surface area contributed by atoms with Crippen molar-refractivity contribution in [1.29, 1.82) is 0 Å². The molecule has 1 N–H and O–H groups in total. The van der Waals surface area contributed by atoms with Crippen LogP contribution in [0.1, 0.15) is 24.1 Å². The molecule has 0 aliphatic heterocycles. The number of carbonyl (C=O) groups excluding carboxylic acids is 1. The van der Waals surface area contributed by atoms with E-state index in [4.69, 9.17) is 0 Å². The first-order chi connectivity index (χ1) is 11.0. The molecule has 6 nitrogen and oxygen atoms in total. The fourth-order valence-corrected chi connectivity index (χ4v) is 2.43. The van der Waals surface area contributed by atoms with Crippen LogP contribution in [0.25, 0.3) is 5.65 Å². The summed E-state index contributed by atoms with van der Waals surface area (Å²) in [6, 6.07) is 13.1. The van der Waals surface area contributed by atoms with Crippen molar-refractivity contribution in [2.24, 2.45) is 0 Å². The third-order valence-corrected chi connectivity index (χ3v) is 3.74. The van der Waals surface area contributed by atoms with E-state index in [9.17, 15) is 9.59 Å². The zero-order valence-corrected chi connectivity index (χ0v) is 13.1. The van der Waals surface area contributed by atoms with Crippen molar-refractivity contribution in [3.63, 3.8) is 0 Å². The number of carbonyl (C=O) groups is 1. The van der Waals surface area contributed by atoms with E-state index < -0.39 is 0 Å². The zero-order chi connectivity index (χ0) is 16.4. The van der Waals surface area contributed by atoms with E-state index in [1.54, 1.807) is 24.4 Å². The van der Waals surface area contributed by atoms with E-state index >= 15 is 0 Å². The summed E-state index contributed by atoms with van der Waals surface area (Å²) in [4.78, 5) is 24.3. The molecule has 0 saturated heterocycles. The van der Waals surface area contributed by atoms with Gasteiger partial charge in [0, 0.05) is 6.20 Å². The first kappa shape index (κ1) is 15.0. The molecule has 1 aromatic carbocycles. The van der Waals surface area contributed by atoms with Gasteiger partial charge >= 0.3 is 5.69 Å². The van der Waals surface area contributed by atoms with Gasteiger partial charge in [0.05, 0.1) is 6.04 Å². The number of pyridine rings is 1. The van der Waals surface area contributed by atoms with Gasteiger partial charge in [-0.2, -0.15) is 0 Å². The lowest BCUT2D eigenvalue weighted by atomic mass is 10.1. The number of rotatable bonds is 4. The van der Waals surface area contributed by atoms with Crippen LogP contribution in [0.15, 0.2) is 53.5 Å². The van der Waals surface area contributed by atoms with Crippen LogP contribution >= 0.6 is 0 Å². The van der Waals surface area contributed by atoms with Crippen molar-refractivity contribution >= 4 is 11.6 Å². The molecule has 0 bridgehead atoms. The zero-order valence-electron chi connectivity index (χ0n) is 13.1. The van der Waals surface area contributed by atoms with E-state index in [2.05, 4.69) is 10.4 Å². The lowest BCUT2D eigenvalue weighted by Crippen LogP contribution is -2.34. The fourth-order valence-electron chi connectivity index (χ4n) is 2.43. The summed E-state index contributed by atoms with van der Waals surface area (Å²) in [7, 11) is 0. The standard InChI is InChI=1S/C17H18N4O2/c1-12-6-8-14(9-7-12)13(2)18-16(22)11-21-17(23)20-10-4-3-5-15(20)19-21/h3-10,13H,11H2,1-2H3,(H,18,22)/t13-/m1/s1. The third-order valence-electron chi connectivity index (χ3n) is 3.74. The number of amides is 1. The van der Waals surface area contributed by atoms with Crippen molar-refractivity contribution in [2.75, 3.05) is 0 Å². The Morgan fingerprint density at radius 2 is 1.96 bits per heavy atom. The average molecular weight is 310 g/mol. The number of nitrogens with zero attached hydrogens (tertiary/aromatic N) is 3. The van der Waals surface area contributed by atoms with E-state index in [0.717, 1.165) is 5.56 Å². The number of hydrogen-bond acceptors (Lipinski definition) is 3. The summed E-state index contributed by atoms with van der Waals surface area (Å²) >= 11 is 0. The second-order valence-electron chi connectivity index (χ2n) is 5.57. The van der Waals surface area contributed by atoms with Crippen LogP contribution in [0.5, 0.6) is 0 Å².